The minimum atomic E-state index is -0.333. The number of aromatic amines is 1. The zero-order valence-corrected chi connectivity index (χ0v) is 10.5. The number of anilines is 1. The van der Waals surface area contributed by atoms with Crippen molar-refractivity contribution in [2.75, 3.05) is 19.3 Å². The summed E-state index contributed by atoms with van der Waals surface area (Å²) < 4.78 is 0. The van der Waals surface area contributed by atoms with Gasteiger partial charge in [0.25, 0.3) is 5.91 Å². The molecule has 100 valence electrons. The number of H-pyrrole nitrogens is 1. The fourth-order valence-corrected chi connectivity index (χ4v) is 1.70. The highest BCUT2D eigenvalue weighted by Gasteiger charge is 2.14. The molecule has 1 heterocycles. The van der Waals surface area contributed by atoms with E-state index in [2.05, 4.69) is 20.8 Å². The van der Waals surface area contributed by atoms with Crippen LogP contribution in [0.25, 0.3) is 10.9 Å². The summed E-state index contributed by atoms with van der Waals surface area (Å²) in [6, 6.07) is 5.18. The Balaban J connectivity index is 2.09. The van der Waals surface area contributed by atoms with Crippen molar-refractivity contribution in [2.45, 2.75) is 6.42 Å². The van der Waals surface area contributed by atoms with Gasteiger partial charge in [-0.2, -0.15) is 5.10 Å². The number of hydrogen-bond donors (Lipinski definition) is 4. The molecular weight excluding hydrogens is 246 g/mol. The standard InChI is InChI=1S/C12H15N5O2/c1-14-10(18)4-5-15-12(19)11-8-6-7(13)2-3-9(8)16-17-11/h2-3,6H,4-5,13H2,1H3,(H,14,18)(H,15,19)(H,16,17). The number of benzene rings is 1. The van der Waals surface area contributed by atoms with Crippen molar-refractivity contribution in [3.05, 3.63) is 23.9 Å². The highest BCUT2D eigenvalue weighted by atomic mass is 16.2. The van der Waals surface area contributed by atoms with Gasteiger partial charge in [-0.15, -0.1) is 0 Å². The second kappa shape index (κ2) is 5.38. The first-order valence-electron chi connectivity index (χ1n) is 5.84. The zero-order chi connectivity index (χ0) is 13.8. The Labute approximate surface area is 109 Å². The molecule has 0 fully saturated rings. The molecule has 0 bridgehead atoms. The summed E-state index contributed by atoms with van der Waals surface area (Å²) >= 11 is 0. The smallest absolute Gasteiger partial charge is 0.272 e. The van der Waals surface area contributed by atoms with Gasteiger partial charge >= 0.3 is 0 Å². The summed E-state index contributed by atoms with van der Waals surface area (Å²) in [5.74, 6) is -0.461. The molecule has 5 N–H and O–H groups in total. The molecule has 0 aliphatic rings. The second-order valence-corrected chi connectivity index (χ2v) is 4.06. The van der Waals surface area contributed by atoms with E-state index in [-0.39, 0.29) is 30.5 Å². The molecule has 2 amide bonds. The molecule has 2 aromatic rings. The molecule has 0 saturated heterocycles. The SMILES string of the molecule is CNC(=O)CCNC(=O)c1n[nH]c2ccc(N)cc12. The molecule has 7 heteroatoms. The summed E-state index contributed by atoms with van der Waals surface area (Å²) in [4.78, 5) is 23.0. The number of carbonyl (C=O) groups excluding carboxylic acids is 2. The third-order valence-electron chi connectivity index (χ3n) is 2.72. The van der Waals surface area contributed by atoms with Crippen LogP contribution in [0, 0.1) is 0 Å². The molecule has 2 rings (SSSR count). The van der Waals surface area contributed by atoms with Crippen molar-refractivity contribution in [3.8, 4) is 0 Å². The van der Waals surface area contributed by atoms with Gasteiger partial charge in [0.2, 0.25) is 5.91 Å². The molecule has 1 aromatic heterocycles. The van der Waals surface area contributed by atoms with E-state index < -0.39 is 0 Å². The average Bonchev–Trinajstić information content (AvgIpc) is 2.81. The van der Waals surface area contributed by atoms with Gasteiger partial charge in [0.05, 0.1) is 5.52 Å². The van der Waals surface area contributed by atoms with E-state index in [9.17, 15) is 9.59 Å². The topological polar surface area (TPSA) is 113 Å². The molecule has 0 aliphatic heterocycles. The predicted molar refractivity (Wildman–Crippen MR) is 71.5 cm³/mol. The highest BCUT2D eigenvalue weighted by Crippen LogP contribution is 2.18. The van der Waals surface area contributed by atoms with Gasteiger partial charge in [-0.25, -0.2) is 0 Å². The first kappa shape index (κ1) is 12.9. The van der Waals surface area contributed by atoms with Gasteiger partial charge in [0.1, 0.15) is 0 Å². The molecule has 7 nitrogen and oxygen atoms in total. The van der Waals surface area contributed by atoms with E-state index in [0.717, 1.165) is 5.52 Å². The lowest BCUT2D eigenvalue weighted by atomic mass is 10.2. The molecule has 0 aliphatic carbocycles. The van der Waals surface area contributed by atoms with E-state index >= 15 is 0 Å². The zero-order valence-electron chi connectivity index (χ0n) is 10.5. The number of nitrogens with one attached hydrogen (secondary N) is 3. The van der Waals surface area contributed by atoms with Crippen LogP contribution in [0.1, 0.15) is 16.9 Å². The van der Waals surface area contributed by atoms with E-state index in [1.165, 1.54) is 0 Å². The van der Waals surface area contributed by atoms with Crippen molar-refractivity contribution in [1.82, 2.24) is 20.8 Å². The van der Waals surface area contributed by atoms with Crippen molar-refractivity contribution in [2.24, 2.45) is 0 Å². The molecule has 0 radical (unpaired) electrons. The van der Waals surface area contributed by atoms with Crippen LogP contribution in [0.2, 0.25) is 0 Å². The van der Waals surface area contributed by atoms with Crippen LogP contribution in [0.15, 0.2) is 18.2 Å². The Morgan fingerprint density at radius 3 is 2.95 bits per heavy atom. The quantitative estimate of drug-likeness (QED) is 0.581. The van der Waals surface area contributed by atoms with Crippen LogP contribution >= 0.6 is 0 Å². The Morgan fingerprint density at radius 2 is 2.21 bits per heavy atom. The van der Waals surface area contributed by atoms with Gasteiger partial charge in [0.15, 0.2) is 5.69 Å². The number of nitrogens with two attached hydrogens (primary N) is 1. The van der Waals surface area contributed by atoms with Crippen LogP contribution < -0.4 is 16.4 Å². The monoisotopic (exact) mass is 261 g/mol. The highest BCUT2D eigenvalue weighted by molar-refractivity contribution is 6.05. The lowest BCUT2D eigenvalue weighted by Crippen LogP contribution is -2.29. The molecule has 0 spiro atoms. The van der Waals surface area contributed by atoms with Crippen LogP contribution in [-0.2, 0) is 4.79 Å². The van der Waals surface area contributed by atoms with E-state index in [4.69, 9.17) is 5.73 Å². The fraction of sp³-hybridized carbons (Fsp3) is 0.250. The normalized spacial score (nSPS) is 10.4. The van der Waals surface area contributed by atoms with Gasteiger partial charge in [-0.1, -0.05) is 0 Å². The van der Waals surface area contributed by atoms with Gasteiger partial charge in [0, 0.05) is 31.1 Å². The number of aromatic nitrogens is 2. The molecule has 19 heavy (non-hydrogen) atoms. The van der Waals surface area contributed by atoms with Crippen LogP contribution in [0.3, 0.4) is 0 Å². The number of nitrogens with zero attached hydrogens (tertiary/aromatic N) is 1. The number of hydrogen-bond acceptors (Lipinski definition) is 4. The minimum absolute atomic E-state index is 0.128. The predicted octanol–water partition coefficient (Wildman–Crippen LogP) is 0.0110. The lowest BCUT2D eigenvalue weighted by molar-refractivity contribution is -0.120. The van der Waals surface area contributed by atoms with Gasteiger partial charge < -0.3 is 16.4 Å². The maximum atomic E-state index is 11.9. The van der Waals surface area contributed by atoms with Crippen molar-refractivity contribution < 1.29 is 9.59 Å². The largest absolute Gasteiger partial charge is 0.399 e. The molecule has 0 saturated carbocycles. The molecule has 0 unspecified atom stereocenters. The van der Waals surface area contributed by atoms with E-state index in [0.29, 0.717) is 11.1 Å². The average molecular weight is 261 g/mol. The summed E-state index contributed by atoms with van der Waals surface area (Å²) in [7, 11) is 1.55. The second-order valence-electron chi connectivity index (χ2n) is 4.06. The summed E-state index contributed by atoms with van der Waals surface area (Å²) in [5.41, 5.74) is 7.27. The first-order chi connectivity index (χ1) is 9.11. The minimum Gasteiger partial charge on any atom is -0.399 e. The number of fused-ring (bicyclic) bond motifs is 1. The van der Waals surface area contributed by atoms with Crippen LogP contribution in [-0.4, -0.2) is 35.6 Å². The maximum Gasteiger partial charge on any atom is 0.272 e. The Bertz CT molecular complexity index is 620. The summed E-state index contributed by atoms with van der Waals surface area (Å²) in [6.07, 6.45) is 0.229. The van der Waals surface area contributed by atoms with Crippen molar-refractivity contribution in [1.29, 1.82) is 0 Å². The molecule has 0 atom stereocenters. The number of amides is 2. The summed E-state index contributed by atoms with van der Waals surface area (Å²) in [5, 5.41) is 12.5. The molecule has 1 aromatic carbocycles. The van der Waals surface area contributed by atoms with Crippen LogP contribution in [0.4, 0.5) is 5.69 Å². The van der Waals surface area contributed by atoms with Crippen molar-refractivity contribution >= 4 is 28.4 Å². The third kappa shape index (κ3) is 2.82. The molecular formula is C12H15N5O2. The van der Waals surface area contributed by atoms with E-state index in [1.807, 2.05) is 0 Å². The number of rotatable bonds is 4. The number of carbonyl (C=O) groups is 2. The van der Waals surface area contributed by atoms with Gasteiger partial charge in [-0.05, 0) is 18.2 Å². The van der Waals surface area contributed by atoms with Gasteiger partial charge in [-0.3, -0.25) is 14.7 Å². The Kier molecular flexibility index (Phi) is 3.65. The summed E-state index contributed by atoms with van der Waals surface area (Å²) in [6.45, 7) is 0.259. The Morgan fingerprint density at radius 1 is 1.42 bits per heavy atom. The lowest BCUT2D eigenvalue weighted by Gasteiger charge is -2.03. The van der Waals surface area contributed by atoms with Crippen LogP contribution in [0.5, 0.6) is 0 Å². The maximum absolute atomic E-state index is 11.9. The van der Waals surface area contributed by atoms with Crippen molar-refractivity contribution in [3.63, 3.8) is 0 Å². The first-order valence-corrected chi connectivity index (χ1v) is 5.84. The fourth-order valence-electron chi connectivity index (χ4n) is 1.70. The number of nitrogen functional groups attached to an aromatic ring is 1. The van der Waals surface area contributed by atoms with E-state index in [1.54, 1.807) is 25.2 Å². The Hall–Kier alpha value is -2.57. The third-order valence-corrected chi connectivity index (χ3v) is 2.72.